The minimum Gasteiger partial charge on any atom is -0.486 e. The van der Waals surface area contributed by atoms with Crippen molar-refractivity contribution >= 4 is 11.6 Å². The lowest BCUT2D eigenvalue weighted by atomic mass is 9.97. The summed E-state index contributed by atoms with van der Waals surface area (Å²) in [7, 11) is 0. The van der Waals surface area contributed by atoms with Crippen molar-refractivity contribution in [1.29, 1.82) is 0 Å². The number of ether oxygens (including phenoxy) is 1. The summed E-state index contributed by atoms with van der Waals surface area (Å²) < 4.78 is 5.16. The molecule has 0 aliphatic carbocycles. The van der Waals surface area contributed by atoms with Crippen LogP contribution in [0.15, 0.2) is 24.3 Å². The molecule has 0 saturated heterocycles. The molecule has 92 valence electrons. The Labute approximate surface area is 100 Å². The number of hydrogen-bond donors (Lipinski definition) is 1. The average molecular weight is 236 g/mol. The van der Waals surface area contributed by atoms with Crippen LogP contribution in [0.3, 0.4) is 0 Å². The molecule has 4 nitrogen and oxygen atoms in total. The largest absolute Gasteiger partial charge is 0.486 e. The zero-order chi connectivity index (χ0) is 13.1. The van der Waals surface area contributed by atoms with E-state index in [4.69, 9.17) is 4.74 Å². The zero-order valence-electron chi connectivity index (χ0n) is 10.2. The SMILES string of the molecule is CC(=O)COc1ccc(C(=O)C(C)(C)O)cc1. The van der Waals surface area contributed by atoms with Gasteiger partial charge in [-0.2, -0.15) is 0 Å². The van der Waals surface area contributed by atoms with E-state index in [2.05, 4.69) is 0 Å². The van der Waals surface area contributed by atoms with Gasteiger partial charge in [-0.3, -0.25) is 9.59 Å². The van der Waals surface area contributed by atoms with Crippen LogP contribution in [-0.4, -0.2) is 28.9 Å². The first-order chi connectivity index (χ1) is 7.80. The van der Waals surface area contributed by atoms with Crippen LogP contribution in [0, 0.1) is 0 Å². The van der Waals surface area contributed by atoms with E-state index in [1.807, 2.05) is 0 Å². The summed E-state index contributed by atoms with van der Waals surface area (Å²) in [5.41, 5.74) is -0.977. The number of carbonyl (C=O) groups is 2. The van der Waals surface area contributed by atoms with Crippen molar-refractivity contribution in [3.63, 3.8) is 0 Å². The summed E-state index contributed by atoms with van der Waals surface area (Å²) in [6.45, 7) is 4.33. The maximum atomic E-state index is 11.7. The van der Waals surface area contributed by atoms with Crippen LogP contribution >= 0.6 is 0 Å². The Balaban J connectivity index is 2.75. The van der Waals surface area contributed by atoms with Crippen LogP contribution in [-0.2, 0) is 4.79 Å². The third-order valence-electron chi connectivity index (χ3n) is 2.11. The summed E-state index contributed by atoms with van der Waals surface area (Å²) in [6, 6.07) is 6.33. The van der Waals surface area contributed by atoms with Crippen LogP contribution in [0.1, 0.15) is 31.1 Å². The van der Waals surface area contributed by atoms with Gasteiger partial charge in [0.1, 0.15) is 18.0 Å². The van der Waals surface area contributed by atoms with Gasteiger partial charge in [0.05, 0.1) is 0 Å². The zero-order valence-corrected chi connectivity index (χ0v) is 10.2. The Morgan fingerprint density at radius 1 is 1.24 bits per heavy atom. The van der Waals surface area contributed by atoms with Crippen molar-refractivity contribution in [1.82, 2.24) is 0 Å². The van der Waals surface area contributed by atoms with Crippen molar-refractivity contribution in [2.75, 3.05) is 6.61 Å². The quantitative estimate of drug-likeness (QED) is 0.789. The molecule has 0 amide bonds. The first-order valence-electron chi connectivity index (χ1n) is 5.30. The molecule has 0 fully saturated rings. The van der Waals surface area contributed by atoms with E-state index in [1.165, 1.54) is 20.8 Å². The van der Waals surface area contributed by atoms with E-state index < -0.39 is 5.60 Å². The normalized spacial score (nSPS) is 11.1. The smallest absolute Gasteiger partial charge is 0.193 e. The van der Waals surface area contributed by atoms with Crippen LogP contribution in [0.2, 0.25) is 0 Å². The van der Waals surface area contributed by atoms with Gasteiger partial charge in [0.25, 0.3) is 0 Å². The molecule has 0 aromatic heterocycles. The number of carbonyl (C=O) groups excluding carboxylic acids is 2. The molecule has 1 aromatic carbocycles. The molecule has 0 spiro atoms. The molecule has 17 heavy (non-hydrogen) atoms. The van der Waals surface area contributed by atoms with E-state index in [0.29, 0.717) is 11.3 Å². The van der Waals surface area contributed by atoms with Crippen molar-refractivity contribution in [3.05, 3.63) is 29.8 Å². The Kier molecular flexibility index (Phi) is 4.02. The van der Waals surface area contributed by atoms with E-state index in [1.54, 1.807) is 24.3 Å². The molecular weight excluding hydrogens is 220 g/mol. The first kappa shape index (κ1) is 13.4. The number of ketones is 2. The molecular formula is C13H16O4. The van der Waals surface area contributed by atoms with E-state index in [-0.39, 0.29) is 18.2 Å². The highest BCUT2D eigenvalue weighted by atomic mass is 16.5. The molecule has 1 aromatic rings. The van der Waals surface area contributed by atoms with Gasteiger partial charge in [-0.15, -0.1) is 0 Å². The van der Waals surface area contributed by atoms with E-state index in [9.17, 15) is 14.7 Å². The minimum absolute atomic E-state index is 0.0127. The molecule has 0 heterocycles. The second kappa shape index (κ2) is 5.10. The van der Waals surface area contributed by atoms with Gasteiger partial charge in [0, 0.05) is 5.56 Å². The molecule has 0 aliphatic rings. The third-order valence-corrected chi connectivity index (χ3v) is 2.11. The molecule has 1 rings (SSSR count). The second-order valence-electron chi connectivity index (χ2n) is 4.40. The van der Waals surface area contributed by atoms with Crippen LogP contribution < -0.4 is 4.74 Å². The van der Waals surface area contributed by atoms with Crippen molar-refractivity contribution in [2.24, 2.45) is 0 Å². The van der Waals surface area contributed by atoms with Crippen LogP contribution in [0.25, 0.3) is 0 Å². The van der Waals surface area contributed by atoms with Gasteiger partial charge >= 0.3 is 0 Å². The summed E-state index contributed by atoms with van der Waals surface area (Å²) >= 11 is 0. The van der Waals surface area contributed by atoms with Crippen molar-refractivity contribution in [3.8, 4) is 5.75 Å². The highest BCUT2D eigenvalue weighted by molar-refractivity contribution is 6.01. The predicted molar refractivity (Wildman–Crippen MR) is 63.2 cm³/mol. The van der Waals surface area contributed by atoms with Gasteiger partial charge in [0.15, 0.2) is 11.6 Å². The maximum absolute atomic E-state index is 11.7. The van der Waals surface area contributed by atoms with Crippen molar-refractivity contribution < 1.29 is 19.4 Å². The van der Waals surface area contributed by atoms with Crippen LogP contribution in [0.5, 0.6) is 5.75 Å². The van der Waals surface area contributed by atoms with Crippen LogP contribution in [0.4, 0.5) is 0 Å². The Bertz CT molecular complexity index is 412. The molecule has 0 unspecified atom stereocenters. The van der Waals surface area contributed by atoms with E-state index in [0.717, 1.165) is 0 Å². The number of aliphatic hydroxyl groups is 1. The Morgan fingerprint density at radius 3 is 2.18 bits per heavy atom. The molecule has 0 atom stereocenters. The first-order valence-corrected chi connectivity index (χ1v) is 5.30. The standard InChI is InChI=1S/C13H16O4/c1-9(14)8-17-11-6-4-10(5-7-11)12(15)13(2,3)16/h4-7,16H,8H2,1-3H3. The number of hydrogen-bond acceptors (Lipinski definition) is 4. The highest BCUT2D eigenvalue weighted by Gasteiger charge is 2.24. The number of rotatable bonds is 5. The van der Waals surface area contributed by atoms with Crippen molar-refractivity contribution in [2.45, 2.75) is 26.4 Å². The molecule has 0 saturated carbocycles. The molecule has 4 heteroatoms. The van der Waals surface area contributed by atoms with Gasteiger partial charge in [-0.25, -0.2) is 0 Å². The number of benzene rings is 1. The molecule has 0 radical (unpaired) electrons. The highest BCUT2D eigenvalue weighted by Crippen LogP contribution is 2.17. The predicted octanol–water partition coefficient (Wildman–Crippen LogP) is 1.61. The van der Waals surface area contributed by atoms with Gasteiger partial charge < -0.3 is 9.84 Å². The molecule has 0 aliphatic heterocycles. The Morgan fingerprint density at radius 2 is 1.76 bits per heavy atom. The van der Waals surface area contributed by atoms with E-state index >= 15 is 0 Å². The van der Waals surface area contributed by atoms with Gasteiger partial charge in [-0.1, -0.05) is 0 Å². The summed E-state index contributed by atoms with van der Waals surface area (Å²) in [4.78, 5) is 22.4. The minimum atomic E-state index is -1.39. The Hall–Kier alpha value is -1.68. The van der Waals surface area contributed by atoms with Gasteiger partial charge in [0.2, 0.25) is 0 Å². The molecule has 1 N–H and O–H groups in total. The third kappa shape index (κ3) is 4.00. The van der Waals surface area contributed by atoms with Gasteiger partial charge in [-0.05, 0) is 45.0 Å². The topological polar surface area (TPSA) is 63.6 Å². The fourth-order valence-electron chi connectivity index (χ4n) is 1.24. The monoisotopic (exact) mass is 236 g/mol. The lowest BCUT2D eigenvalue weighted by Gasteiger charge is -2.15. The lowest BCUT2D eigenvalue weighted by Crippen LogP contribution is -2.30. The fourth-order valence-corrected chi connectivity index (χ4v) is 1.24. The average Bonchev–Trinajstić information content (AvgIpc) is 2.25. The maximum Gasteiger partial charge on any atom is 0.193 e. The lowest BCUT2D eigenvalue weighted by molar-refractivity contribution is -0.118. The number of Topliss-reactive ketones (excluding diaryl/α,β-unsaturated/α-hetero) is 2. The summed E-state index contributed by atoms with van der Waals surface area (Å²) in [6.07, 6.45) is 0. The molecule has 0 bridgehead atoms. The second-order valence-corrected chi connectivity index (χ2v) is 4.40. The summed E-state index contributed by atoms with van der Waals surface area (Å²) in [5, 5.41) is 9.56. The fraction of sp³-hybridized carbons (Fsp3) is 0.385. The summed E-state index contributed by atoms with van der Waals surface area (Å²) in [5.74, 6) is 0.102.